The Morgan fingerprint density at radius 3 is 2.68 bits per heavy atom. The van der Waals surface area contributed by atoms with Crippen molar-refractivity contribution >= 4 is 5.57 Å². The Hall–Kier alpha value is -1.08. The van der Waals surface area contributed by atoms with Gasteiger partial charge in [0, 0.05) is 0 Å². The number of hydrogen-bond acceptors (Lipinski definition) is 1. The van der Waals surface area contributed by atoms with Gasteiger partial charge in [0.1, 0.15) is 0 Å². The molecule has 1 atom stereocenters. The second-order valence-electron chi connectivity index (χ2n) is 5.73. The highest BCUT2D eigenvalue weighted by molar-refractivity contribution is 5.67. The molecule has 0 aromatic heterocycles. The molecule has 1 unspecified atom stereocenters. The summed E-state index contributed by atoms with van der Waals surface area (Å²) in [4.78, 5) is 0. The van der Waals surface area contributed by atoms with E-state index >= 15 is 0 Å². The van der Waals surface area contributed by atoms with Gasteiger partial charge in [0.15, 0.2) is 0 Å². The highest BCUT2D eigenvalue weighted by atomic mass is 16.3. The summed E-state index contributed by atoms with van der Waals surface area (Å²) in [5.74, 6) is 0. The maximum absolute atomic E-state index is 10.2. The maximum Gasteiger partial charge on any atom is 0.0790 e. The van der Waals surface area contributed by atoms with Crippen LogP contribution in [0.1, 0.15) is 62.1 Å². The van der Waals surface area contributed by atoms with Gasteiger partial charge in [-0.15, -0.1) is 0 Å². The van der Waals surface area contributed by atoms with Crippen molar-refractivity contribution in [1.29, 1.82) is 0 Å². The molecule has 0 saturated heterocycles. The predicted molar refractivity (Wildman–Crippen MR) is 82.3 cm³/mol. The largest absolute Gasteiger partial charge is 0.388 e. The highest BCUT2D eigenvalue weighted by Crippen LogP contribution is 2.27. The van der Waals surface area contributed by atoms with Gasteiger partial charge in [0.25, 0.3) is 0 Å². The van der Waals surface area contributed by atoms with Crippen LogP contribution in [-0.4, -0.2) is 11.2 Å². The van der Waals surface area contributed by atoms with Crippen LogP contribution in [0.4, 0.5) is 0 Å². The molecule has 1 nitrogen and oxygen atoms in total. The molecule has 1 aliphatic carbocycles. The molecule has 1 heteroatoms. The molecule has 19 heavy (non-hydrogen) atoms. The molecule has 0 spiro atoms. The second-order valence-corrected chi connectivity index (χ2v) is 5.73. The lowest BCUT2D eigenvalue weighted by Gasteiger charge is -2.19. The van der Waals surface area contributed by atoms with Gasteiger partial charge in [-0.2, -0.15) is 0 Å². The minimum atomic E-state index is -0.381. The first kappa shape index (κ1) is 14.3. The number of unbranched alkanes of at least 4 members (excludes halogenated alkanes) is 2. The quantitative estimate of drug-likeness (QED) is 0.744. The number of aliphatic hydroxyl groups excluding tert-OH is 1. The van der Waals surface area contributed by atoms with Crippen molar-refractivity contribution < 1.29 is 5.11 Å². The summed E-state index contributed by atoms with van der Waals surface area (Å²) in [6.45, 7) is 6.29. The van der Waals surface area contributed by atoms with Crippen LogP contribution in [0.25, 0.3) is 5.57 Å². The number of rotatable bonds is 6. The van der Waals surface area contributed by atoms with Crippen LogP contribution < -0.4 is 0 Å². The molecule has 0 heterocycles. The van der Waals surface area contributed by atoms with Gasteiger partial charge in [-0.05, 0) is 54.4 Å². The molecular weight excluding hydrogens is 232 g/mol. The van der Waals surface area contributed by atoms with E-state index in [2.05, 4.69) is 31.7 Å². The van der Waals surface area contributed by atoms with E-state index in [1.807, 2.05) is 0 Å². The number of hydrogen-bond donors (Lipinski definition) is 1. The fraction of sp³-hybridized carbons (Fsp3) is 0.556. The van der Waals surface area contributed by atoms with Gasteiger partial charge in [0.05, 0.1) is 6.10 Å². The van der Waals surface area contributed by atoms with E-state index in [1.54, 1.807) is 0 Å². The molecule has 0 aliphatic heterocycles. The van der Waals surface area contributed by atoms with Crippen molar-refractivity contribution in [3.63, 3.8) is 0 Å². The first-order valence-electron chi connectivity index (χ1n) is 7.71. The summed E-state index contributed by atoms with van der Waals surface area (Å²) in [6, 6.07) is 6.61. The van der Waals surface area contributed by atoms with Gasteiger partial charge in [-0.25, -0.2) is 0 Å². The molecule has 0 fully saturated rings. The topological polar surface area (TPSA) is 20.2 Å². The Kier molecular flexibility index (Phi) is 5.21. The van der Waals surface area contributed by atoms with Crippen LogP contribution in [0.2, 0.25) is 0 Å². The summed E-state index contributed by atoms with van der Waals surface area (Å²) in [6.07, 6.45) is 8.92. The zero-order chi connectivity index (χ0) is 13.7. The second kappa shape index (κ2) is 6.91. The van der Waals surface area contributed by atoms with Gasteiger partial charge in [-0.1, -0.05) is 51.0 Å². The standard InChI is InChI=1S/C18H26O/c1-3-4-5-10-18(19)14(2)16-12-11-15-8-6-7-9-17(15)13-16/h11-13,18-19H,2-10H2,1H3. The molecule has 104 valence electrons. The fourth-order valence-corrected chi connectivity index (χ4v) is 2.89. The minimum Gasteiger partial charge on any atom is -0.388 e. The molecule has 0 saturated carbocycles. The predicted octanol–water partition coefficient (Wildman–Crippen LogP) is 4.52. The van der Waals surface area contributed by atoms with E-state index in [1.165, 1.54) is 49.7 Å². The van der Waals surface area contributed by atoms with Gasteiger partial charge < -0.3 is 5.11 Å². The first-order chi connectivity index (χ1) is 9.22. The van der Waals surface area contributed by atoms with Crippen molar-refractivity contribution in [2.75, 3.05) is 0 Å². The van der Waals surface area contributed by atoms with E-state index in [4.69, 9.17) is 0 Å². The van der Waals surface area contributed by atoms with Crippen molar-refractivity contribution in [3.05, 3.63) is 41.5 Å². The van der Waals surface area contributed by atoms with Gasteiger partial charge >= 0.3 is 0 Å². The number of aliphatic hydroxyl groups is 1. The molecule has 0 amide bonds. The summed E-state index contributed by atoms with van der Waals surface area (Å²) >= 11 is 0. The number of fused-ring (bicyclic) bond motifs is 1. The van der Waals surface area contributed by atoms with Crippen LogP contribution in [-0.2, 0) is 12.8 Å². The van der Waals surface area contributed by atoms with Crippen LogP contribution in [0.3, 0.4) is 0 Å². The van der Waals surface area contributed by atoms with Crippen LogP contribution in [0.15, 0.2) is 24.8 Å². The van der Waals surface area contributed by atoms with Crippen LogP contribution in [0, 0.1) is 0 Å². The third kappa shape index (κ3) is 3.70. The van der Waals surface area contributed by atoms with E-state index in [0.29, 0.717) is 0 Å². The lowest BCUT2D eigenvalue weighted by molar-refractivity contribution is 0.218. The van der Waals surface area contributed by atoms with Gasteiger partial charge in [-0.3, -0.25) is 0 Å². The summed E-state index contributed by atoms with van der Waals surface area (Å²) in [5.41, 5.74) is 4.98. The molecule has 2 rings (SSSR count). The normalized spacial score (nSPS) is 15.9. The Bertz CT molecular complexity index is 433. The van der Waals surface area contributed by atoms with Crippen molar-refractivity contribution in [2.24, 2.45) is 0 Å². The van der Waals surface area contributed by atoms with E-state index in [9.17, 15) is 5.11 Å². The SMILES string of the molecule is C=C(c1ccc2c(c1)CCCC2)C(O)CCCCC. The van der Waals surface area contributed by atoms with Crippen molar-refractivity contribution in [3.8, 4) is 0 Å². The maximum atomic E-state index is 10.2. The highest BCUT2D eigenvalue weighted by Gasteiger charge is 2.14. The number of benzene rings is 1. The average molecular weight is 258 g/mol. The smallest absolute Gasteiger partial charge is 0.0790 e. The molecule has 1 aromatic carbocycles. The molecule has 0 radical (unpaired) electrons. The average Bonchev–Trinajstić information content (AvgIpc) is 2.46. The molecule has 1 aliphatic rings. The Balaban J connectivity index is 2.02. The van der Waals surface area contributed by atoms with Crippen molar-refractivity contribution in [1.82, 2.24) is 0 Å². The molecular formula is C18H26O. The van der Waals surface area contributed by atoms with E-state index in [-0.39, 0.29) is 6.10 Å². The molecule has 0 bridgehead atoms. The Morgan fingerprint density at radius 2 is 1.95 bits per heavy atom. The Labute approximate surface area is 117 Å². The molecule has 1 aromatic rings. The number of aryl methyl sites for hydroxylation is 2. The van der Waals surface area contributed by atoms with Crippen LogP contribution in [0.5, 0.6) is 0 Å². The summed E-state index contributed by atoms with van der Waals surface area (Å²) in [7, 11) is 0. The van der Waals surface area contributed by atoms with Gasteiger partial charge in [0.2, 0.25) is 0 Å². The van der Waals surface area contributed by atoms with E-state index < -0.39 is 0 Å². The summed E-state index contributed by atoms with van der Waals surface area (Å²) < 4.78 is 0. The molecule has 1 N–H and O–H groups in total. The minimum absolute atomic E-state index is 0.381. The monoisotopic (exact) mass is 258 g/mol. The van der Waals surface area contributed by atoms with Crippen molar-refractivity contribution in [2.45, 2.75) is 64.4 Å². The zero-order valence-corrected chi connectivity index (χ0v) is 12.1. The fourth-order valence-electron chi connectivity index (χ4n) is 2.89. The lowest BCUT2D eigenvalue weighted by Crippen LogP contribution is -2.10. The third-order valence-electron chi connectivity index (χ3n) is 4.20. The van der Waals surface area contributed by atoms with E-state index in [0.717, 1.165) is 24.0 Å². The first-order valence-corrected chi connectivity index (χ1v) is 7.71. The Morgan fingerprint density at radius 1 is 1.21 bits per heavy atom. The summed E-state index contributed by atoms with van der Waals surface area (Å²) in [5, 5.41) is 10.2. The van der Waals surface area contributed by atoms with Crippen LogP contribution >= 0.6 is 0 Å². The lowest BCUT2D eigenvalue weighted by atomic mass is 9.88. The zero-order valence-electron chi connectivity index (χ0n) is 12.1. The third-order valence-corrected chi connectivity index (χ3v) is 4.20.